The minimum absolute atomic E-state index is 0.0746. The average molecular weight is 425 g/mol. The van der Waals surface area contributed by atoms with Crippen LogP contribution in [0, 0.1) is 0 Å². The zero-order valence-electron chi connectivity index (χ0n) is 16.9. The van der Waals surface area contributed by atoms with Crippen molar-refractivity contribution in [2.75, 3.05) is 0 Å². The van der Waals surface area contributed by atoms with Gasteiger partial charge in [-0.15, -0.1) is 0 Å². The lowest BCUT2D eigenvalue weighted by atomic mass is 10.1. The first kappa shape index (κ1) is 21.7. The highest BCUT2D eigenvalue weighted by Crippen LogP contribution is 2.15. The molecule has 3 aromatic rings. The highest BCUT2D eigenvalue weighted by atomic mass is 35.5. The van der Waals surface area contributed by atoms with E-state index in [9.17, 15) is 9.59 Å². The summed E-state index contributed by atoms with van der Waals surface area (Å²) in [4.78, 5) is 27.4. The Morgan fingerprint density at radius 3 is 2.40 bits per heavy atom. The predicted octanol–water partition coefficient (Wildman–Crippen LogP) is 4.60. The maximum absolute atomic E-state index is 13.1. The second-order valence-corrected chi connectivity index (χ2v) is 7.54. The van der Waals surface area contributed by atoms with Gasteiger partial charge in [-0.05, 0) is 48.7 Å². The second kappa shape index (κ2) is 10.6. The highest BCUT2D eigenvalue weighted by molar-refractivity contribution is 6.30. The van der Waals surface area contributed by atoms with Crippen molar-refractivity contribution >= 4 is 23.4 Å². The second-order valence-electron chi connectivity index (χ2n) is 7.11. The van der Waals surface area contributed by atoms with Crippen molar-refractivity contribution in [3.8, 4) is 0 Å². The molecule has 0 aliphatic rings. The van der Waals surface area contributed by atoms with Gasteiger partial charge in [0.1, 0.15) is 11.8 Å². The maximum atomic E-state index is 13.1. The number of amides is 2. The van der Waals surface area contributed by atoms with Crippen LogP contribution in [-0.4, -0.2) is 22.8 Å². The van der Waals surface area contributed by atoms with Gasteiger partial charge in [0.15, 0.2) is 0 Å². The van der Waals surface area contributed by atoms with Crippen molar-refractivity contribution in [1.82, 2.24) is 10.2 Å². The molecule has 0 unspecified atom stereocenters. The molecule has 0 bridgehead atoms. The van der Waals surface area contributed by atoms with Gasteiger partial charge in [0.05, 0.1) is 12.8 Å². The van der Waals surface area contributed by atoms with Gasteiger partial charge < -0.3 is 14.6 Å². The third kappa shape index (κ3) is 6.22. The Labute approximate surface area is 181 Å². The van der Waals surface area contributed by atoms with Crippen molar-refractivity contribution < 1.29 is 14.0 Å². The molecule has 2 aromatic carbocycles. The van der Waals surface area contributed by atoms with Crippen LogP contribution in [0.1, 0.15) is 30.2 Å². The summed E-state index contributed by atoms with van der Waals surface area (Å²) < 4.78 is 5.26. The summed E-state index contributed by atoms with van der Waals surface area (Å²) in [7, 11) is 0. The number of carbonyl (C=O) groups is 2. The number of benzene rings is 2. The number of furan rings is 1. The Morgan fingerprint density at radius 2 is 1.73 bits per heavy atom. The first-order valence-electron chi connectivity index (χ1n) is 9.91. The predicted molar refractivity (Wildman–Crippen MR) is 117 cm³/mol. The summed E-state index contributed by atoms with van der Waals surface area (Å²) in [6, 6.07) is 20.1. The minimum Gasteiger partial charge on any atom is -0.467 e. The van der Waals surface area contributed by atoms with Gasteiger partial charge in [-0.3, -0.25) is 9.59 Å². The summed E-state index contributed by atoms with van der Waals surface area (Å²) in [6.07, 6.45) is 2.51. The molecule has 30 heavy (non-hydrogen) atoms. The number of halogens is 1. The van der Waals surface area contributed by atoms with Crippen molar-refractivity contribution in [1.29, 1.82) is 0 Å². The third-order valence-corrected chi connectivity index (χ3v) is 5.17. The molecule has 0 aliphatic carbocycles. The molecular weight excluding hydrogens is 400 g/mol. The number of nitrogens with zero attached hydrogens (tertiary/aromatic N) is 1. The molecule has 0 fully saturated rings. The standard InChI is InChI=1S/C24H25ClN2O3/c1-18(24(29)26-16-22-8-5-15-30-22)27(17-20-9-12-21(25)13-10-20)23(28)14-11-19-6-3-2-4-7-19/h2-10,12-13,15,18H,11,14,16-17H2,1H3,(H,26,29)/t18-/m1/s1. The van der Waals surface area contributed by atoms with E-state index in [1.165, 1.54) is 0 Å². The van der Waals surface area contributed by atoms with E-state index in [2.05, 4.69) is 5.32 Å². The van der Waals surface area contributed by atoms with E-state index < -0.39 is 6.04 Å². The molecule has 2 amide bonds. The zero-order chi connectivity index (χ0) is 21.3. The number of aryl methyl sites for hydroxylation is 1. The number of nitrogens with one attached hydrogen (secondary N) is 1. The topological polar surface area (TPSA) is 62.6 Å². The first-order chi connectivity index (χ1) is 14.5. The summed E-state index contributed by atoms with van der Waals surface area (Å²) in [5.41, 5.74) is 2.00. The van der Waals surface area contributed by atoms with Gasteiger partial charge in [0, 0.05) is 18.0 Å². The smallest absolute Gasteiger partial charge is 0.242 e. The fourth-order valence-corrected chi connectivity index (χ4v) is 3.27. The zero-order valence-corrected chi connectivity index (χ0v) is 17.6. The van der Waals surface area contributed by atoms with Crippen LogP contribution in [0.3, 0.4) is 0 Å². The molecule has 1 heterocycles. The molecule has 6 heteroatoms. The molecule has 1 atom stereocenters. The van der Waals surface area contributed by atoms with Gasteiger partial charge in [0.25, 0.3) is 0 Å². The monoisotopic (exact) mass is 424 g/mol. The normalized spacial score (nSPS) is 11.7. The summed E-state index contributed by atoms with van der Waals surface area (Å²) >= 11 is 5.98. The number of rotatable bonds is 9. The van der Waals surface area contributed by atoms with E-state index in [1.54, 1.807) is 42.4 Å². The van der Waals surface area contributed by atoms with Crippen LogP contribution >= 0.6 is 11.6 Å². The van der Waals surface area contributed by atoms with E-state index in [-0.39, 0.29) is 18.4 Å². The van der Waals surface area contributed by atoms with E-state index in [0.717, 1.165) is 11.1 Å². The quantitative estimate of drug-likeness (QED) is 0.546. The molecule has 5 nitrogen and oxygen atoms in total. The number of carbonyl (C=O) groups excluding carboxylic acids is 2. The molecule has 156 valence electrons. The van der Waals surface area contributed by atoms with Crippen molar-refractivity contribution in [2.24, 2.45) is 0 Å². The summed E-state index contributed by atoms with van der Waals surface area (Å²) in [5, 5.41) is 3.47. The SMILES string of the molecule is C[C@H](C(=O)NCc1ccco1)N(Cc1ccc(Cl)cc1)C(=O)CCc1ccccc1. The lowest BCUT2D eigenvalue weighted by molar-refractivity contribution is -0.140. The molecule has 1 N–H and O–H groups in total. The van der Waals surface area contributed by atoms with E-state index in [0.29, 0.717) is 30.2 Å². The van der Waals surface area contributed by atoms with Crippen LogP contribution in [0.5, 0.6) is 0 Å². The largest absolute Gasteiger partial charge is 0.467 e. The molecule has 0 radical (unpaired) electrons. The summed E-state index contributed by atoms with van der Waals surface area (Å²) in [5.74, 6) is 0.359. The minimum atomic E-state index is -0.626. The van der Waals surface area contributed by atoms with Crippen LogP contribution in [-0.2, 0) is 29.1 Å². The maximum Gasteiger partial charge on any atom is 0.242 e. The molecular formula is C24H25ClN2O3. The summed E-state index contributed by atoms with van der Waals surface area (Å²) in [6.45, 7) is 2.36. The first-order valence-corrected chi connectivity index (χ1v) is 10.3. The Hall–Kier alpha value is -3.05. The van der Waals surface area contributed by atoms with Crippen molar-refractivity contribution in [3.05, 3.63) is 94.9 Å². The Bertz CT molecular complexity index is 940. The Balaban J connectivity index is 1.68. The van der Waals surface area contributed by atoms with E-state index in [4.69, 9.17) is 16.0 Å². The lowest BCUT2D eigenvalue weighted by Crippen LogP contribution is -2.47. The molecule has 0 saturated carbocycles. The van der Waals surface area contributed by atoms with Crippen LogP contribution in [0.2, 0.25) is 5.02 Å². The Kier molecular flexibility index (Phi) is 7.69. The molecule has 1 aromatic heterocycles. The van der Waals surface area contributed by atoms with E-state index in [1.807, 2.05) is 42.5 Å². The van der Waals surface area contributed by atoms with E-state index >= 15 is 0 Å². The number of hydrogen-bond acceptors (Lipinski definition) is 3. The fraction of sp³-hybridized carbons (Fsp3) is 0.250. The highest BCUT2D eigenvalue weighted by Gasteiger charge is 2.26. The van der Waals surface area contributed by atoms with Gasteiger partial charge in [-0.1, -0.05) is 54.1 Å². The van der Waals surface area contributed by atoms with Crippen LogP contribution < -0.4 is 5.32 Å². The van der Waals surface area contributed by atoms with Crippen molar-refractivity contribution in [3.63, 3.8) is 0 Å². The van der Waals surface area contributed by atoms with Crippen molar-refractivity contribution in [2.45, 2.75) is 38.9 Å². The van der Waals surface area contributed by atoms with Gasteiger partial charge in [-0.25, -0.2) is 0 Å². The van der Waals surface area contributed by atoms with Crippen LogP contribution in [0.4, 0.5) is 0 Å². The van der Waals surface area contributed by atoms with Gasteiger partial charge in [0.2, 0.25) is 11.8 Å². The molecule has 0 saturated heterocycles. The lowest BCUT2D eigenvalue weighted by Gasteiger charge is -2.29. The fourth-order valence-electron chi connectivity index (χ4n) is 3.14. The average Bonchev–Trinajstić information content (AvgIpc) is 3.29. The third-order valence-electron chi connectivity index (χ3n) is 4.92. The van der Waals surface area contributed by atoms with Gasteiger partial charge >= 0.3 is 0 Å². The number of hydrogen-bond donors (Lipinski definition) is 1. The van der Waals surface area contributed by atoms with Crippen LogP contribution in [0.15, 0.2) is 77.4 Å². The molecule has 3 rings (SSSR count). The molecule has 0 spiro atoms. The molecule has 0 aliphatic heterocycles. The van der Waals surface area contributed by atoms with Gasteiger partial charge in [-0.2, -0.15) is 0 Å². The Morgan fingerprint density at radius 1 is 1.00 bits per heavy atom. The van der Waals surface area contributed by atoms with Crippen LogP contribution in [0.25, 0.3) is 0 Å².